The largest absolute Gasteiger partial charge is 0.300 e. The predicted molar refractivity (Wildman–Crippen MR) is 71.0 cm³/mol. The van der Waals surface area contributed by atoms with Crippen molar-refractivity contribution in [2.24, 2.45) is 11.3 Å². The predicted octanol–water partition coefficient (Wildman–Crippen LogP) is 4.32. The quantitative estimate of drug-likeness (QED) is 0.678. The molecule has 1 aliphatic carbocycles. The molecule has 0 bridgehead atoms. The summed E-state index contributed by atoms with van der Waals surface area (Å²) in [6, 6.07) is 0.569. The van der Waals surface area contributed by atoms with Crippen LogP contribution in [0.25, 0.3) is 0 Å². The van der Waals surface area contributed by atoms with Crippen LogP contribution in [0.3, 0.4) is 0 Å². The SMILES string of the molecule is CC(C)(C)[C@H]1CC[C@@H](N2CCC(F)(F)CC2)CC1. The van der Waals surface area contributed by atoms with Crippen LogP contribution in [0.15, 0.2) is 0 Å². The second-order valence-electron chi connectivity index (χ2n) is 7.26. The molecule has 0 aromatic rings. The first-order valence-corrected chi connectivity index (χ1v) is 7.40. The highest BCUT2D eigenvalue weighted by Crippen LogP contribution is 2.40. The van der Waals surface area contributed by atoms with Crippen molar-refractivity contribution in [2.75, 3.05) is 13.1 Å². The Balaban J connectivity index is 1.80. The molecule has 3 heteroatoms. The molecule has 2 fully saturated rings. The van der Waals surface area contributed by atoms with E-state index in [1.54, 1.807) is 0 Å². The summed E-state index contributed by atoms with van der Waals surface area (Å²) in [5, 5.41) is 0. The summed E-state index contributed by atoms with van der Waals surface area (Å²) in [4.78, 5) is 2.32. The topological polar surface area (TPSA) is 3.24 Å². The summed E-state index contributed by atoms with van der Waals surface area (Å²) in [6.45, 7) is 8.15. The van der Waals surface area contributed by atoms with Gasteiger partial charge in [-0.3, -0.25) is 4.90 Å². The third-order valence-electron chi connectivity index (χ3n) is 4.97. The molecule has 2 aliphatic rings. The van der Waals surface area contributed by atoms with Crippen molar-refractivity contribution in [3.63, 3.8) is 0 Å². The molecular formula is C15H27F2N. The molecule has 1 heterocycles. The standard InChI is InChI=1S/C15H27F2N/c1-14(2,3)12-4-6-13(7-5-12)18-10-8-15(16,17)9-11-18/h12-13H,4-11H2,1-3H3/t12-,13+. The van der Waals surface area contributed by atoms with Crippen molar-refractivity contribution in [3.8, 4) is 0 Å². The maximum Gasteiger partial charge on any atom is 0.250 e. The van der Waals surface area contributed by atoms with E-state index in [1.807, 2.05) is 0 Å². The Morgan fingerprint density at radius 3 is 1.89 bits per heavy atom. The number of halogens is 2. The van der Waals surface area contributed by atoms with Gasteiger partial charge in [-0.15, -0.1) is 0 Å². The summed E-state index contributed by atoms with van der Waals surface area (Å²) >= 11 is 0. The van der Waals surface area contributed by atoms with Crippen LogP contribution in [-0.2, 0) is 0 Å². The van der Waals surface area contributed by atoms with Crippen molar-refractivity contribution >= 4 is 0 Å². The van der Waals surface area contributed by atoms with E-state index in [4.69, 9.17) is 0 Å². The summed E-state index contributed by atoms with van der Waals surface area (Å²) in [5.41, 5.74) is 0.403. The van der Waals surface area contributed by atoms with Crippen molar-refractivity contribution in [1.82, 2.24) is 4.90 Å². The highest BCUT2D eigenvalue weighted by atomic mass is 19.3. The molecule has 0 N–H and O–H groups in total. The fourth-order valence-corrected chi connectivity index (χ4v) is 3.52. The minimum atomic E-state index is -2.40. The Morgan fingerprint density at radius 1 is 0.944 bits per heavy atom. The molecule has 0 aromatic carbocycles. The number of hydrogen-bond acceptors (Lipinski definition) is 1. The monoisotopic (exact) mass is 259 g/mol. The Hall–Kier alpha value is -0.180. The zero-order valence-corrected chi connectivity index (χ0v) is 12.0. The maximum absolute atomic E-state index is 13.1. The van der Waals surface area contributed by atoms with Crippen LogP contribution in [-0.4, -0.2) is 30.0 Å². The molecule has 106 valence electrons. The number of rotatable bonds is 1. The third-order valence-corrected chi connectivity index (χ3v) is 4.97. The van der Waals surface area contributed by atoms with Crippen molar-refractivity contribution in [3.05, 3.63) is 0 Å². The lowest BCUT2D eigenvalue weighted by molar-refractivity contribution is -0.0678. The molecule has 1 aliphatic heterocycles. The van der Waals surface area contributed by atoms with Crippen LogP contribution >= 0.6 is 0 Å². The highest BCUT2D eigenvalue weighted by molar-refractivity contribution is 4.87. The molecule has 0 aromatic heterocycles. The molecule has 1 saturated carbocycles. The summed E-state index contributed by atoms with van der Waals surface area (Å²) < 4.78 is 26.3. The van der Waals surface area contributed by atoms with Crippen LogP contribution in [0.2, 0.25) is 0 Å². The first-order chi connectivity index (χ1) is 8.28. The van der Waals surface area contributed by atoms with Gasteiger partial charge in [0.2, 0.25) is 0 Å². The average molecular weight is 259 g/mol. The zero-order valence-electron chi connectivity index (χ0n) is 12.0. The molecule has 0 unspecified atom stereocenters. The van der Waals surface area contributed by atoms with E-state index >= 15 is 0 Å². The van der Waals surface area contributed by atoms with Crippen molar-refractivity contribution < 1.29 is 8.78 Å². The van der Waals surface area contributed by atoms with E-state index in [1.165, 1.54) is 25.7 Å². The lowest BCUT2D eigenvalue weighted by Gasteiger charge is -2.43. The van der Waals surface area contributed by atoms with E-state index in [0.29, 0.717) is 24.5 Å². The average Bonchev–Trinajstić information content (AvgIpc) is 2.28. The van der Waals surface area contributed by atoms with Crippen LogP contribution < -0.4 is 0 Å². The van der Waals surface area contributed by atoms with Gasteiger partial charge >= 0.3 is 0 Å². The molecule has 0 radical (unpaired) electrons. The Kier molecular flexibility index (Phi) is 4.01. The minimum absolute atomic E-state index is 0.0617. The molecule has 0 atom stereocenters. The number of alkyl halides is 2. The van der Waals surface area contributed by atoms with Crippen LogP contribution in [0.1, 0.15) is 59.3 Å². The van der Waals surface area contributed by atoms with Gasteiger partial charge in [0.15, 0.2) is 0 Å². The van der Waals surface area contributed by atoms with E-state index < -0.39 is 5.92 Å². The van der Waals surface area contributed by atoms with Gasteiger partial charge in [-0.05, 0) is 37.0 Å². The summed E-state index contributed by atoms with van der Waals surface area (Å²) in [5.74, 6) is -1.60. The normalized spacial score (nSPS) is 34.5. The number of likely N-dealkylation sites (tertiary alicyclic amines) is 1. The minimum Gasteiger partial charge on any atom is -0.300 e. The second-order valence-corrected chi connectivity index (χ2v) is 7.26. The highest BCUT2D eigenvalue weighted by Gasteiger charge is 2.38. The van der Waals surface area contributed by atoms with Crippen LogP contribution in [0, 0.1) is 11.3 Å². The van der Waals surface area contributed by atoms with Gasteiger partial charge in [-0.25, -0.2) is 8.78 Å². The fraction of sp³-hybridized carbons (Fsp3) is 1.00. The van der Waals surface area contributed by atoms with Gasteiger partial charge in [0, 0.05) is 32.0 Å². The third kappa shape index (κ3) is 3.43. The van der Waals surface area contributed by atoms with Crippen LogP contribution in [0.4, 0.5) is 8.78 Å². The molecule has 0 spiro atoms. The van der Waals surface area contributed by atoms with E-state index in [0.717, 1.165) is 5.92 Å². The lowest BCUT2D eigenvalue weighted by Crippen LogP contribution is -2.46. The number of nitrogens with zero attached hydrogens (tertiary/aromatic N) is 1. The smallest absolute Gasteiger partial charge is 0.250 e. The van der Waals surface area contributed by atoms with Gasteiger partial charge in [-0.2, -0.15) is 0 Å². The van der Waals surface area contributed by atoms with E-state index in [-0.39, 0.29) is 12.8 Å². The van der Waals surface area contributed by atoms with Gasteiger partial charge in [0.25, 0.3) is 5.92 Å². The Bertz CT molecular complexity index is 265. The summed E-state index contributed by atoms with van der Waals surface area (Å²) in [7, 11) is 0. The fourth-order valence-electron chi connectivity index (χ4n) is 3.52. The lowest BCUT2D eigenvalue weighted by atomic mass is 9.71. The first kappa shape index (κ1) is 14.2. The molecule has 2 rings (SSSR count). The molecule has 1 nitrogen and oxygen atoms in total. The Labute approximate surface area is 110 Å². The van der Waals surface area contributed by atoms with Gasteiger partial charge in [0.1, 0.15) is 0 Å². The summed E-state index contributed by atoms with van der Waals surface area (Å²) in [6.07, 6.45) is 5.06. The van der Waals surface area contributed by atoms with E-state index in [2.05, 4.69) is 25.7 Å². The van der Waals surface area contributed by atoms with Gasteiger partial charge in [0.05, 0.1) is 0 Å². The van der Waals surface area contributed by atoms with Gasteiger partial charge < -0.3 is 0 Å². The number of hydrogen-bond donors (Lipinski definition) is 0. The zero-order chi connectivity index (χ0) is 13.4. The second kappa shape index (κ2) is 5.07. The van der Waals surface area contributed by atoms with E-state index in [9.17, 15) is 8.78 Å². The molecular weight excluding hydrogens is 232 g/mol. The van der Waals surface area contributed by atoms with Crippen molar-refractivity contribution in [2.45, 2.75) is 71.3 Å². The van der Waals surface area contributed by atoms with Crippen LogP contribution in [0.5, 0.6) is 0 Å². The molecule has 1 saturated heterocycles. The first-order valence-electron chi connectivity index (χ1n) is 7.40. The van der Waals surface area contributed by atoms with Crippen molar-refractivity contribution in [1.29, 1.82) is 0 Å². The van der Waals surface area contributed by atoms with Gasteiger partial charge in [-0.1, -0.05) is 20.8 Å². The Morgan fingerprint density at radius 2 is 1.44 bits per heavy atom. The molecule has 0 amide bonds. The maximum atomic E-state index is 13.1. The number of piperidine rings is 1. The molecule has 18 heavy (non-hydrogen) atoms.